The molecule has 0 spiro atoms. The number of aryl methyl sites for hydroxylation is 1. The standard InChI is InChI=1S/C26H25BrN4O3/c1-14-22(28-16(3)24(14)31-23(32)13-27)12-20-19-11-18(9-10-21(19)30-26(20)34)25(33)29-15(2)17-7-5-4-6-8-17/h4-12,15,28H,13H2,1-3H3,(H,29,33)(H,30,34)(H,31,32). The van der Waals surface area contributed by atoms with Crippen LogP contribution in [0, 0.1) is 13.8 Å². The average Bonchev–Trinajstić information content (AvgIpc) is 3.29. The SMILES string of the molecule is Cc1[nH]c(C=C2C(=O)Nc3ccc(C(=O)NC(C)c4ccccc4)cc32)c(C)c1NC(=O)CBr. The van der Waals surface area contributed by atoms with Crippen LogP contribution in [-0.2, 0) is 9.59 Å². The first-order valence-electron chi connectivity index (χ1n) is 10.9. The summed E-state index contributed by atoms with van der Waals surface area (Å²) in [6.45, 7) is 5.67. The van der Waals surface area contributed by atoms with Crippen LogP contribution < -0.4 is 16.0 Å². The van der Waals surface area contributed by atoms with E-state index >= 15 is 0 Å². The summed E-state index contributed by atoms with van der Waals surface area (Å²) in [4.78, 5) is 40.7. The third kappa shape index (κ3) is 4.68. The van der Waals surface area contributed by atoms with E-state index in [4.69, 9.17) is 0 Å². The van der Waals surface area contributed by atoms with Crippen molar-refractivity contribution >= 4 is 56.7 Å². The van der Waals surface area contributed by atoms with E-state index in [-0.39, 0.29) is 29.1 Å². The number of rotatable bonds is 6. The number of aromatic nitrogens is 1. The Labute approximate surface area is 206 Å². The van der Waals surface area contributed by atoms with Gasteiger partial charge in [-0.05, 0) is 56.2 Å². The Morgan fingerprint density at radius 2 is 1.85 bits per heavy atom. The summed E-state index contributed by atoms with van der Waals surface area (Å²) >= 11 is 3.15. The number of anilines is 2. The zero-order valence-corrected chi connectivity index (χ0v) is 20.7. The number of aromatic amines is 1. The van der Waals surface area contributed by atoms with Crippen LogP contribution in [0.3, 0.4) is 0 Å². The minimum absolute atomic E-state index is 0.158. The van der Waals surface area contributed by atoms with E-state index < -0.39 is 0 Å². The molecule has 34 heavy (non-hydrogen) atoms. The van der Waals surface area contributed by atoms with Crippen LogP contribution in [0.2, 0.25) is 0 Å². The lowest BCUT2D eigenvalue weighted by Crippen LogP contribution is -2.26. The molecule has 0 saturated carbocycles. The predicted molar refractivity (Wildman–Crippen MR) is 138 cm³/mol. The molecule has 2 aromatic carbocycles. The highest BCUT2D eigenvalue weighted by molar-refractivity contribution is 9.09. The molecule has 1 aliphatic heterocycles. The zero-order chi connectivity index (χ0) is 24.4. The number of hydrogen-bond acceptors (Lipinski definition) is 3. The lowest BCUT2D eigenvalue weighted by molar-refractivity contribution is -0.114. The van der Waals surface area contributed by atoms with Crippen LogP contribution in [0.5, 0.6) is 0 Å². The molecule has 0 radical (unpaired) electrons. The minimum Gasteiger partial charge on any atom is -0.357 e. The fraction of sp³-hybridized carbons (Fsp3) is 0.192. The molecule has 174 valence electrons. The fourth-order valence-electron chi connectivity index (χ4n) is 4.00. The fourth-order valence-corrected chi connectivity index (χ4v) is 4.14. The lowest BCUT2D eigenvalue weighted by atomic mass is 10.0. The Morgan fingerprint density at radius 1 is 1.12 bits per heavy atom. The van der Waals surface area contributed by atoms with Gasteiger partial charge in [-0.3, -0.25) is 14.4 Å². The number of hydrogen-bond donors (Lipinski definition) is 4. The van der Waals surface area contributed by atoms with Crippen LogP contribution in [0.25, 0.3) is 11.6 Å². The highest BCUT2D eigenvalue weighted by Crippen LogP contribution is 2.35. The third-order valence-electron chi connectivity index (χ3n) is 5.86. The molecule has 4 N–H and O–H groups in total. The van der Waals surface area contributed by atoms with Crippen molar-refractivity contribution < 1.29 is 14.4 Å². The number of carbonyl (C=O) groups is 3. The molecule has 1 aromatic heterocycles. The van der Waals surface area contributed by atoms with Crippen molar-refractivity contribution in [3.63, 3.8) is 0 Å². The molecule has 1 aliphatic rings. The monoisotopic (exact) mass is 520 g/mol. The lowest BCUT2D eigenvalue weighted by Gasteiger charge is -2.14. The molecule has 3 aromatic rings. The Kier molecular flexibility index (Phi) is 6.70. The van der Waals surface area contributed by atoms with Crippen LogP contribution in [0.15, 0.2) is 48.5 Å². The van der Waals surface area contributed by atoms with Crippen LogP contribution in [0.1, 0.15) is 51.4 Å². The van der Waals surface area contributed by atoms with Crippen molar-refractivity contribution in [2.75, 3.05) is 16.0 Å². The smallest absolute Gasteiger partial charge is 0.256 e. The van der Waals surface area contributed by atoms with Gasteiger partial charge >= 0.3 is 0 Å². The van der Waals surface area contributed by atoms with Crippen LogP contribution in [0.4, 0.5) is 11.4 Å². The van der Waals surface area contributed by atoms with E-state index in [1.165, 1.54) is 0 Å². The Morgan fingerprint density at radius 3 is 2.56 bits per heavy atom. The second kappa shape index (κ2) is 9.69. The summed E-state index contributed by atoms with van der Waals surface area (Å²) in [5.74, 6) is -0.624. The molecular weight excluding hydrogens is 496 g/mol. The molecule has 1 unspecified atom stereocenters. The maximum Gasteiger partial charge on any atom is 0.256 e. The number of fused-ring (bicyclic) bond motifs is 1. The molecule has 3 amide bonds. The van der Waals surface area contributed by atoms with Gasteiger partial charge in [0.2, 0.25) is 5.91 Å². The number of nitrogens with one attached hydrogen (secondary N) is 4. The Balaban J connectivity index is 1.63. The Hall–Kier alpha value is -3.65. The summed E-state index contributed by atoms with van der Waals surface area (Å²) in [6, 6.07) is 14.7. The van der Waals surface area contributed by atoms with E-state index in [2.05, 4.69) is 36.9 Å². The molecule has 7 nitrogen and oxygen atoms in total. The van der Waals surface area contributed by atoms with Gasteiger partial charge in [0.1, 0.15) is 0 Å². The van der Waals surface area contributed by atoms with Gasteiger partial charge < -0.3 is 20.9 Å². The highest BCUT2D eigenvalue weighted by atomic mass is 79.9. The van der Waals surface area contributed by atoms with E-state index in [0.29, 0.717) is 33.8 Å². The molecular formula is C26H25BrN4O3. The quantitative estimate of drug-likeness (QED) is 0.273. The topological polar surface area (TPSA) is 103 Å². The van der Waals surface area contributed by atoms with E-state index in [1.54, 1.807) is 24.3 Å². The molecule has 0 bridgehead atoms. The van der Waals surface area contributed by atoms with Gasteiger partial charge in [-0.15, -0.1) is 0 Å². The van der Waals surface area contributed by atoms with Crippen molar-refractivity contribution in [1.29, 1.82) is 0 Å². The van der Waals surface area contributed by atoms with Gasteiger partial charge in [0.05, 0.1) is 22.6 Å². The maximum absolute atomic E-state index is 12.9. The normalized spacial score (nSPS) is 14.5. The first-order chi connectivity index (χ1) is 16.3. The maximum atomic E-state index is 12.9. The summed E-state index contributed by atoms with van der Waals surface area (Å²) in [5.41, 5.74) is 6.25. The van der Waals surface area contributed by atoms with E-state index in [1.807, 2.05) is 51.1 Å². The third-order valence-corrected chi connectivity index (χ3v) is 6.37. The summed E-state index contributed by atoms with van der Waals surface area (Å²) in [5, 5.41) is 8.91. The van der Waals surface area contributed by atoms with Gasteiger partial charge in [-0.25, -0.2) is 0 Å². The van der Waals surface area contributed by atoms with E-state index in [9.17, 15) is 14.4 Å². The highest BCUT2D eigenvalue weighted by Gasteiger charge is 2.26. The summed E-state index contributed by atoms with van der Waals surface area (Å²) < 4.78 is 0. The van der Waals surface area contributed by atoms with Crippen molar-refractivity contribution in [3.8, 4) is 0 Å². The molecule has 8 heteroatoms. The number of halogens is 1. The van der Waals surface area contributed by atoms with Gasteiger partial charge in [0.25, 0.3) is 11.8 Å². The van der Waals surface area contributed by atoms with Crippen molar-refractivity contribution in [3.05, 3.63) is 82.2 Å². The Bertz CT molecular complexity index is 1310. The van der Waals surface area contributed by atoms with Gasteiger partial charge in [0, 0.05) is 28.2 Å². The zero-order valence-electron chi connectivity index (χ0n) is 19.1. The molecule has 0 saturated heterocycles. The molecule has 4 rings (SSSR count). The van der Waals surface area contributed by atoms with Crippen molar-refractivity contribution in [1.82, 2.24) is 10.3 Å². The second-order valence-corrected chi connectivity index (χ2v) is 8.78. The number of alkyl halides is 1. The predicted octanol–water partition coefficient (Wildman–Crippen LogP) is 4.95. The van der Waals surface area contributed by atoms with Crippen molar-refractivity contribution in [2.45, 2.75) is 26.8 Å². The molecule has 1 atom stereocenters. The first-order valence-corrected chi connectivity index (χ1v) is 12.0. The van der Waals surface area contributed by atoms with Crippen molar-refractivity contribution in [2.24, 2.45) is 0 Å². The number of carbonyl (C=O) groups excluding carboxylic acids is 3. The average molecular weight is 521 g/mol. The van der Waals surface area contributed by atoms with E-state index in [0.717, 1.165) is 16.8 Å². The largest absolute Gasteiger partial charge is 0.357 e. The molecule has 0 fully saturated rings. The van der Waals surface area contributed by atoms with Crippen LogP contribution >= 0.6 is 15.9 Å². The molecule has 2 heterocycles. The van der Waals surface area contributed by atoms with Gasteiger partial charge in [-0.1, -0.05) is 46.3 Å². The van der Waals surface area contributed by atoms with Crippen LogP contribution in [-0.4, -0.2) is 28.0 Å². The summed E-state index contributed by atoms with van der Waals surface area (Å²) in [7, 11) is 0. The first kappa shape index (κ1) is 23.5. The number of benzene rings is 2. The summed E-state index contributed by atoms with van der Waals surface area (Å²) in [6.07, 6.45) is 1.75. The van der Waals surface area contributed by atoms with Gasteiger partial charge in [0.15, 0.2) is 0 Å². The van der Waals surface area contributed by atoms with Gasteiger partial charge in [-0.2, -0.15) is 0 Å². The number of H-pyrrole nitrogens is 1. The molecule has 0 aliphatic carbocycles. The second-order valence-electron chi connectivity index (χ2n) is 8.22. The number of amides is 3. The minimum atomic E-state index is -0.247.